The molecule has 0 aliphatic rings. The molecular formula is C20H44IN5O2. The second kappa shape index (κ2) is 18.3. The summed E-state index contributed by atoms with van der Waals surface area (Å²) in [5.74, 6) is 1.25. The monoisotopic (exact) mass is 513 g/mol. The summed E-state index contributed by atoms with van der Waals surface area (Å²) in [6.45, 7) is 17.0. The smallest absolute Gasteiger partial charge is 0.407 e. The van der Waals surface area contributed by atoms with Crippen LogP contribution in [0.1, 0.15) is 60.8 Å². The quantitative estimate of drug-likeness (QED) is 0.200. The van der Waals surface area contributed by atoms with Crippen LogP contribution < -0.4 is 16.0 Å². The topological polar surface area (TPSA) is 78.0 Å². The van der Waals surface area contributed by atoms with E-state index in [2.05, 4.69) is 60.5 Å². The number of hydrogen-bond acceptors (Lipinski definition) is 4. The number of ether oxygens (including phenoxy) is 1. The molecule has 0 aromatic rings. The summed E-state index contributed by atoms with van der Waals surface area (Å²) >= 11 is 0. The van der Waals surface area contributed by atoms with Crippen LogP contribution in [-0.2, 0) is 4.74 Å². The Hall–Kier alpha value is -0.770. The van der Waals surface area contributed by atoms with Crippen molar-refractivity contribution in [2.24, 2.45) is 10.9 Å². The lowest BCUT2D eigenvalue weighted by Gasteiger charge is -2.24. The van der Waals surface area contributed by atoms with E-state index in [9.17, 15) is 4.79 Å². The molecule has 2 atom stereocenters. The van der Waals surface area contributed by atoms with Crippen molar-refractivity contribution in [1.29, 1.82) is 0 Å². The Balaban J connectivity index is 0. The van der Waals surface area contributed by atoms with Gasteiger partial charge in [0.1, 0.15) is 0 Å². The molecule has 168 valence electrons. The third-order valence-corrected chi connectivity index (χ3v) is 4.48. The van der Waals surface area contributed by atoms with Gasteiger partial charge < -0.3 is 25.6 Å². The molecule has 0 spiro atoms. The third kappa shape index (κ3) is 15.2. The summed E-state index contributed by atoms with van der Waals surface area (Å²) in [4.78, 5) is 18.5. The summed E-state index contributed by atoms with van der Waals surface area (Å²) in [7, 11) is 1.77. The van der Waals surface area contributed by atoms with E-state index >= 15 is 0 Å². The Morgan fingerprint density at radius 3 is 2.25 bits per heavy atom. The molecule has 28 heavy (non-hydrogen) atoms. The number of rotatable bonds is 13. The van der Waals surface area contributed by atoms with Crippen LogP contribution in [-0.4, -0.2) is 68.9 Å². The number of halogens is 1. The number of hydrogen-bond donors (Lipinski definition) is 3. The largest absolute Gasteiger partial charge is 0.450 e. The summed E-state index contributed by atoms with van der Waals surface area (Å²) in [5.41, 5.74) is 0. The molecule has 0 fully saturated rings. The zero-order chi connectivity index (χ0) is 20.7. The van der Waals surface area contributed by atoms with Crippen molar-refractivity contribution >= 4 is 36.0 Å². The maximum atomic E-state index is 11.7. The van der Waals surface area contributed by atoms with Gasteiger partial charge in [0.25, 0.3) is 0 Å². The Bertz CT molecular complexity index is 417. The predicted molar refractivity (Wildman–Crippen MR) is 130 cm³/mol. The van der Waals surface area contributed by atoms with Crippen molar-refractivity contribution in [3.8, 4) is 0 Å². The number of carbonyl (C=O) groups excluding carboxylic acids is 1. The molecule has 1 amide bonds. The molecule has 0 heterocycles. The lowest BCUT2D eigenvalue weighted by molar-refractivity contribution is 0.146. The van der Waals surface area contributed by atoms with Crippen molar-refractivity contribution in [3.63, 3.8) is 0 Å². The van der Waals surface area contributed by atoms with Gasteiger partial charge >= 0.3 is 6.09 Å². The fraction of sp³-hybridized carbons (Fsp3) is 0.900. The molecule has 8 heteroatoms. The van der Waals surface area contributed by atoms with Crippen molar-refractivity contribution in [2.45, 2.75) is 72.9 Å². The maximum absolute atomic E-state index is 11.7. The van der Waals surface area contributed by atoms with E-state index in [-0.39, 0.29) is 36.1 Å². The van der Waals surface area contributed by atoms with Crippen molar-refractivity contribution in [1.82, 2.24) is 20.9 Å². The van der Waals surface area contributed by atoms with Gasteiger partial charge in [0.2, 0.25) is 0 Å². The van der Waals surface area contributed by atoms with E-state index in [0.717, 1.165) is 44.9 Å². The first-order valence-electron chi connectivity index (χ1n) is 10.5. The summed E-state index contributed by atoms with van der Waals surface area (Å²) < 4.78 is 5.01. The molecular weight excluding hydrogens is 469 g/mol. The van der Waals surface area contributed by atoms with E-state index in [4.69, 9.17) is 4.74 Å². The standard InChI is InChI=1S/C20H43N5O2.HI/c1-8-25(9-2)13-11-12-17(6)23-19(21-7)22-15-18(14-16(4)5)24-20(26)27-10-3;/h16-18H,8-15H2,1-7H3,(H,24,26)(H2,21,22,23);1H. The first-order chi connectivity index (χ1) is 12.9. The number of nitrogens with one attached hydrogen (secondary N) is 3. The van der Waals surface area contributed by atoms with Crippen LogP contribution in [0.3, 0.4) is 0 Å². The second-order valence-electron chi connectivity index (χ2n) is 7.36. The maximum Gasteiger partial charge on any atom is 0.407 e. The Morgan fingerprint density at radius 1 is 1.11 bits per heavy atom. The zero-order valence-corrected chi connectivity index (χ0v) is 21.3. The van der Waals surface area contributed by atoms with Crippen molar-refractivity contribution in [3.05, 3.63) is 0 Å². The van der Waals surface area contributed by atoms with E-state index < -0.39 is 0 Å². The minimum absolute atomic E-state index is 0. The van der Waals surface area contributed by atoms with Gasteiger partial charge in [-0.05, 0) is 58.7 Å². The minimum atomic E-state index is -0.363. The molecule has 0 bridgehead atoms. The normalized spacial score (nSPS) is 13.7. The van der Waals surface area contributed by atoms with Crippen LogP contribution in [0.2, 0.25) is 0 Å². The van der Waals surface area contributed by atoms with E-state index in [0.29, 0.717) is 25.1 Å². The molecule has 0 aromatic carbocycles. The van der Waals surface area contributed by atoms with Crippen LogP contribution in [0, 0.1) is 5.92 Å². The highest BCUT2D eigenvalue weighted by molar-refractivity contribution is 14.0. The highest BCUT2D eigenvalue weighted by Crippen LogP contribution is 2.05. The molecule has 0 aliphatic carbocycles. The predicted octanol–water partition coefficient (Wildman–Crippen LogP) is 3.44. The van der Waals surface area contributed by atoms with Crippen LogP contribution in [0.15, 0.2) is 4.99 Å². The van der Waals surface area contributed by atoms with Gasteiger partial charge in [0.15, 0.2) is 5.96 Å². The van der Waals surface area contributed by atoms with Gasteiger partial charge in [0.05, 0.1) is 6.61 Å². The number of amides is 1. The fourth-order valence-corrected chi connectivity index (χ4v) is 2.98. The molecule has 2 unspecified atom stereocenters. The summed E-state index contributed by atoms with van der Waals surface area (Å²) in [5, 5.41) is 9.70. The molecule has 0 aliphatic heterocycles. The average Bonchev–Trinajstić information content (AvgIpc) is 2.61. The first-order valence-corrected chi connectivity index (χ1v) is 10.5. The number of aliphatic imine (C=N–C) groups is 1. The van der Waals surface area contributed by atoms with Gasteiger partial charge in [-0.2, -0.15) is 0 Å². The molecule has 0 aromatic heterocycles. The highest BCUT2D eigenvalue weighted by atomic mass is 127. The Labute approximate surface area is 189 Å². The van der Waals surface area contributed by atoms with Gasteiger partial charge in [-0.15, -0.1) is 24.0 Å². The number of nitrogens with zero attached hydrogens (tertiary/aromatic N) is 2. The first kappa shape index (κ1) is 29.4. The molecule has 7 nitrogen and oxygen atoms in total. The van der Waals surface area contributed by atoms with Crippen LogP contribution in [0.4, 0.5) is 4.79 Å². The molecule has 0 rings (SSSR count). The fourth-order valence-electron chi connectivity index (χ4n) is 2.98. The van der Waals surface area contributed by atoms with Gasteiger partial charge in [0, 0.05) is 25.7 Å². The summed E-state index contributed by atoms with van der Waals surface area (Å²) in [6.07, 6.45) is 2.76. The minimum Gasteiger partial charge on any atom is -0.450 e. The molecule has 0 saturated carbocycles. The lowest BCUT2D eigenvalue weighted by atomic mass is 10.0. The highest BCUT2D eigenvalue weighted by Gasteiger charge is 2.16. The van der Waals surface area contributed by atoms with Crippen LogP contribution in [0.25, 0.3) is 0 Å². The van der Waals surface area contributed by atoms with Crippen LogP contribution >= 0.6 is 24.0 Å². The number of alkyl carbamates (subject to hydrolysis) is 1. The van der Waals surface area contributed by atoms with Crippen molar-refractivity contribution < 1.29 is 9.53 Å². The van der Waals surface area contributed by atoms with Crippen LogP contribution in [0.5, 0.6) is 0 Å². The third-order valence-electron chi connectivity index (χ3n) is 4.48. The van der Waals surface area contributed by atoms with Gasteiger partial charge in [-0.1, -0.05) is 27.7 Å². The Morgan fingerprint density at radius 2 is 1.75 bits per heavy atom. The lowest BCUT2D eigenvalue weighted by Crippen LogP contribution is -2.49. The van der Waals surface area contributed by atoms with E-state index in [1.807, 2.05) is 6.92 Å². The van der Waals surface area contributed by atoms with Gasteiger partial charge in [-0.3, -0.25) is 4.99 Å². The van der Waals surface area contributed by atoms with Gasteiger partial charge in [-0.25, -0.2) is 4.79 Å². The number of guanidine groups is 1. The average molecular weight is 514 g/mol. The second-order valence-corrected chi connectivity index (χ2v) is 7.36. The van der Waals surface area contributed by atoms with E-state index in [1.54, 1.807) is 7.05 Å². The van der Waals surface area contributed by atoms with E-state index in [1.165, 1.54) is 0 Å². The SMILES string of the molecule is CCOC(=O)NC(CNC(=NC)NC(C)CCCN(CC)CC)CC(C)C.I. The number of carbonyl (C=O) groups is 1. The Kier molecular flexibility index (Phi) is 19.2. The zero-order valence-electron chi connectivity index (χ0n) is 19.0. The van der Waals surface area contributed by atoms with Crippen molar-refractivity contribution in [2.75, 3.05) is 39.8 Å². The summed E-state index contributed by atoms with van der Waals surface area (Å²) in [6, 6.07) is 0.342. The molecule has 3 N–H and O–H groups in total. The molecule has 0 radical (unpaired) electrons. The molecule has 0 saturated heterocycles.